The summed E-state index contributed by atoms with van der Waals surface area (Å²) in [5, 5.41) is 19.7. The Morgan fingerprint density at radius 3 is 2.46 bits per heavy atom. The molecule has 1 aliphatic rings. The van der Waals surface area contributed by atoms with E-state index in [1.54, 1.807) is 0 Å². The molecule has 2 N–H and O–H groups in total. The van der Waals surface area contributed by atoms with Crippen molar-refractivity contribution >= 4 is 5.97 Å². The van der Waals surface area contributed by atoms with Gasteiger partial charge in [0.05, 0.1) is 6.10 Å². The third kappa shape index (κ3) is 5.26. The predicted molar refractivity (Wildman–Crippen MR) is 107 cm³/mol. The van der Waals surface area contributed by atoms with Gasteiger partial charge in [0, 0.05) is 12.8 Å². The maximum absolute atomic E-state index is 10.9. The molecule has 0 saturated carbocycles. The molecule has 5 nitrogen and oxygen atoms in total. The van der Waals surface area contributed by atoms with Gasteiger partial charge in [-0.05, 0) is 60.9 Å². The van der Waals surface area contributed by atoms with E-state index in [0.717, 1.165) is 30.4 Å². The number of aryl methyl sites for hydroxylation is 2. The molecule has 0 amide bonds. The van der Waals surface area contributed by atoms with Gasteiger partial charge in [-0.25, -0.2) is 0 Å². The van der Waals surface area contributed by atoms with Gasteiger partial charge in [-0.1, -0.05) is 37.3 Å². The molecule has 3 rings (SSSR count). The first-order valence-electron chi connectivity index (χ1n) is 10.0. The number of rotatable bonds is 10. The Bertz CT molecular complexity index is 787. The smallest absolute Gasteiger partial charge is 0.303 e. The third-order valence-electron chi connectivity index (χ3n) is 5.05. The number of aliphatic hydroxyl groups is 1. The van der Waals surface area contributed by atoms with Crippen molar-refractivity contribution in [3.05, 3.63) is 59.2 Å². The molecule has 0 fully saturated rings. The Morgan fingerprint density at radius 2 is 1.79 bits per heavy atom. The monoisotopic (exact) mass is 384 g/mol. The van der Waals surface area contributed by atoms with Gasteiger partial charge in [0.15, 0.2) is 11.5 Å². The maximum atomic E-state index is 10.9. The molecule has 5 heteroatoms. The number of benzene rings is 2. The second-order valence-electron chi connectivity index (χ2n) is 7.21. The zero-order valence-electron chi connectivity index (χ0n) is 16.3. The van der Waals surface area contributed by atoms with E-state index in [4.69, 9.17) is 14.6 Å². The molecule has 0 saturated heterocycles. The molecule has 2 atom stereocenters. The average molecular weight is 384 g/mol. The molecule has 0 bridgehead atoms. The summed E-state index contributed by atoms with van der Waals surface area (Å²) in [5.41, 5.74) is 3.05. The van der Waals surface area contributed by atoms with Crippen LogP contribution in [-0.2, 0) is 17.6 Å². The Hall–Kier alpha value is -2.53. The van der Waals surface area contributed by atoms with Crippen molar-refractivity contribution < 1.29 is 24.5 Å². The van der Waals surface area contributed by atoms with Gasteiger partial charge >= 0.3 is 5.97 Å². The summed E-state index contributed by atoms with van der Waals surface area (Å²) in [7, 11) is 0. The third-order valence-corrected chi connectivity index (χ3v) is 5.05. The largest absolute Gasteiger partial charge is 0.481 e. The van der Waals surface area contributed by atoms with E-state index < -0.39 is 12.1 Å². The number of carboxylic acid groups (broad SMARTS) is 1. The molecule has 1 heterocycles. The zero-order chi connectivity index (χ0) is 19.9. The summed E-state index contributed by atoms with van der Waals surface area (Å²) >= 11 is 0. The van der Waals surface area contributed by atoms with Crippen molar-refractivity contribution in [1.29, 1.82) is 0 Å². The Balaban J connectivity index is 1.73. The van der Waals surface area contributed by atoms with Crippen LogP contribution in [-0.4, -0.2) is 22.5 Å². The van der Waals surface area contributed by atoms with Crippen LogP contribution >= 0.6 is 0 Å². The fourth-order valence-corrected chi connectivity index (χ4v) is 3.50. The van der Waals surface area contributed by atoms with E-state index in [-0.39, 0.29) is 12.7 Å². The predicted octanol–water partition coefficient (Wildman–Crippen LogP) is 4.66. The number of carboxylic acids is 1. The first-order valence-corrected chi connectivity index (χ1v) is 10.0. The first-order chi connectivity index (χ1) is 13.6. The van der Waals surface area contributed by atoms with E-state index >= 15 is 0 Å². The summed E-state index contributed by atoms with van der Waals surface area (Å²) < 4.78 is 11.6. The molecule has 1 aliphatic heterocycles. The van der Waals surface area contributed by atoms with E-state index in [0.29, 0.717) is 30.8 Å². The molecule has 0 aliphatic carbocycles. The Morgan fingerprint density at radius 1 is 1.07 bits per heavy atom. The molecule has 2 aromatic carbocycles. The standard InChI is InChI=1S/C23H28O5/c1-2-23-27-20-14-17(10-6-7-11-22(25)26)18(15-21(20)28-23)19(24)13-12-16-8-4-3-5-9-16/h3-5,8-9,14-15,19,23-24H,2,6-7,10-13H2,1H3,(H,25,26). The van der Waals surface area contributed by atoms with Crippen LogP contribution in [0.1, 0.15) is 61.8 Å². The number of fused-ring (bicyclic) bond motifs is 1. The van der Waals surface area contributed by atoms with Crippen LogP contribution in [0.15, 0.2) is 42.5 Å². The van der Waals surface area contributed by atoms with E-state index in [2.05, 4.69) is 12.1 Å². The minimum absolute atomic E-state index is 0.161. The van der Waals surface area contributed by atoms with Crippen molar-refractivity contribution in [2.45, 2.75) is 64.3 Å². The van der Waals surface area contributed by atoms with Crippen molar-refractivity contribution in [3.8, 4) is 11.5 Å². The number of hydrogen-bond donors (Lipinski definition) is 2. The number of aliphatic hydroxyl groups excluding tert-OH is 1. The lowest BCUT2D eigenvalue weighted by atomic mass is 9.93. The number of aliphatic carboxylic acids is 1. The number of ether oxygens (including phenoxy) is 2. The van der Waals surface area contributed by atoms with Gasteiger partial charge in [-0.15, -0.1) is 0 Å². The lowest BCUT2D eigenvalue weighted by Crippen LogP contribution is -2.15. The summed E-state index contributed by atoms with van der Waals surface area (Å²) in [6, 6.07) is 14.0. The van der Waals surface area contributed by atoms with Gasteiger partial charge in [0.25, 0.3) is 0 Å². The summed E-state index contributed by atoms with van der Waals surface area (Å²) in [6.07, 6.45) is 3.48. The number of carbonyl (C=O) groups is 1. The minimum atomic E-state index is -0.778. The van der Waals surface area contributed by atoms with E-state index in [1.165, 1.54) is 5.56 Å². The summed E-state index contributed by atoms with van der Waals surface area (Å²) in [6.45, 7) is 2.00. The first kappa shape index (κ1) is 20.2. The molecular weight excluding hydrogens is 356 g/mol. The van der Waals surface area contributed by atoms with E-state index in [9.17, 15) is 9.90 Å². The van der Waals surface area contributed by atoms with Gasteiger partial charge in [-0.3, -0.25) is 4.79 Å². The van der Waals surface area contributed by atoms with Crippen LogP contribution in [0, 0.1) is 0 Å². The highest BCUT2D eigenvalue weighted by molar-refractivity contribution is 5.66. The quantitative estimate of drug-likeness (QED) is 0.583. The fraction of sp³-hybridized carbons (Fsp3) is 0.435. The summed E-state index contributed by atoms with van der Waals surface area (Å²) in [4.78, 5) is 10.8. The molecular formula is C23H28O5. The average Bonchev–Trinajstić information content (AvgIpc) is 3.11. The van der Waals surface area contributed by atoms with Gasteiger partial charge in [0.2, 0.25) is 6.29 Å². The topological polar surface area (TPSA) is 76.0 Å². The molecule has 0 radical (unpaired) electrons. The summed E-state index contributed by atoms with van der Waals surface area (Å²) in [5.74, 6) is 0.605. The van der Waals surface area contributed by atoms with Crippen LogP contribution in [0.4, 0.5) is 0 Å². The number of hydrogen-bond acceptors (Lipinski definition) is 4. The van der Waals surface area contributed by atoms with Crippen LogP contribution in [0.2, 0.25) is 0 Å². The SMILES string of the molecule is CCC1Oc2cc(CCCCC(=O)O)c(C(O)CCc3ccccc3)cc2O1. The molecule has 28 heavy (non-hydrogen) atoms. The van der Waals surface area contributed by atoms with Crippen LogP contribution < -0.4 is 9.47 Å². The Kier molecular flexibility index (Phi) is 6.93. The molecule has 0 spiro atoms. The second-order valence-corrected chi connectivity index (χ2v) is 7.21. The maximum Gasteiger partial charge on any atom is 0.303 e. The molecule has 0 aromatic heterocycles. The molecule has 2 aromatic rings. The number of unbranched alkanes of at least 4 members (excludes halogenated alkanes) is 1. The minimum Gasteiger partial charge on any atom is -0.481 e. The normalized spacial score (nSPS) is 16.1. The highest BCUT2D eigenvalue weighted by Crippen LogP contribution is 2.40. The van der Waals surface area contributed by atoms with Crippen LogP contribution in [0.5, 0.6) is 11.5 Å². The van der Waals surface area contributed by atoms with Crippen molar-refractivity contribution in [2.75, 3.05) is 0 Å². The lowest BCUT2D eigenvalue weighted by Gasteiger charge is -2.17. The van der Waals surface area contributed by atoms with Crippen molar-refractivity contribution in [2.24, 2.45) is 0 Å². The molecule has 2 unspecified atom stereocenters. The van der Waals surface area contributed by atoms with Crippen LogP contribution in [0.25, 0.3) is 0 Å². The lowest BCUT2D eigenvalue weighted by molar-refractivity contribution is -0.137. The highest BCUT2D eigenvalue weighted by Gasteiger charge is 2.26. The van der Waals surface area contributed by atoms with Crippen molar-refractivity contribution in [1.82, 2.24) is 0 Å². The Labute approximate surface area is 165 Å². The van der Waals surface area contributed by atoms with Crippen molar-refractivity contribution in [3.63, 3.8) is 0 Å². The van der Waals surface area contributed by atoms with Crippen LogP contribution in [0.3, 0.4) is 0 Å². The van der Waals surface area contributed by atoms with E-state index in [1.807, 2.05) is 37.3 Å². The van der Waals surface area contributed by atoms with Gasteiger partial charge < -0.3 is 19.7 Å². The second kappa shape index (κ2) is 9.60. The molecule has 150 valence electrons. The highest BCUT2D eigenvalue weighted by atomic mass is 16.7. The van der Waals surface area contributed by atoms with Gasteiger partial charge in [0.1, 0.15) is 0 Å². The van der Waals surface area contributed by atoms with Gasteiger partial charge in [-0.2, -0.15) is 0 Å². The zero-order valence-corrected chi connectivity index (χ0v) is 16.3. The fourth-order valence-electron chi connectivity index (χ4n) is 3.50.